The third-order valence-electron chi connectivity index (χ3n) is 7.07. The molecule has 11 nitrogen and oxygen atoms in total. The van der Waals surface area contributed by atoms with Gasteiger partial charge in [0.15, 0.2) is 17.9 Å². The largest absolute Gasteiger partial charge is 0.456 e. The number of hydrogen-bond acceptors (Lipinski definition) is 9. The van der Waals surface area contributed by atoms with Crippen molar-refractivity contribution in [1.82, 2.24) is 9.55 Å². The highest BCUT2D eigenvalue weighted by Crippen LogP contribution is 2.44. The van der Waals surface area contributed by atoms with Gasteiger partial charge < -0.3 is 18.9 Å². The molecule has 0 unspecified atom stereocenters. The summed E-state index contributed by atoms with van der Waals surface area (Å²) in [7, 11) is 0. The molecule has 0 aliphatic carbocycles. The zero-order valence-electron chi connectivity index (χ0n) is 23.2. The maximum absolute atomic E-state index is 13.4. The molecule has 0 radical (unpaired) electrons. The zero-order valence-corrected chi connectivity index (χ0v) is 23.2. The smallest absolute Gasteiger partial charge is 0.338 e. The van der Waals surface area contributed by atoms with Gasteiger partial charge >= 0.3 is 23.6 Å². The van der Waals surface area contributed by atoms with Crippen LogP contribution in [-0.2, 0) is 18.9 Å². The number of rotatable bonds is 8. The number of carbonyl (C=O) groups excluding carboxylic acids is 3. The molecule has 0 amide bonds. The lowest BCUT2D eigenvalue weighted by atomic mass is 9.93. The summed E-state index contributed by atoms with van der Waals surface area (Å²) in [5.74, 6) is -2.22. The van der Waals surface area contributed by atoms with Gasteiger partial charge in [0, 0.05) is 12.3 Å². The van der Waals surface area contributed by atoms with E-state index in [0.717, 1.165) is 10.6 Å². The van der Waals surface area contributed by atoms with Crippen LogP contribution < -0.4 is 11.2 Å². The lowest BCUT2D eigenvalue weighted by Crippen LogP contribution is -2.53. The average molecular weight is 585 g/mol. The Labute approximate surface area is 245 Å². The van der Waals surface area contributed by atoms with Crippen molar-refractivity contribution in [3.8, 4) is 0 Å². The first-order valence-electron chi connectivity index (χ1n) is 13.4. The van der Waals surface area contributed by atoms with Gasteiger partial charge in [-0.1, -0.05) is 54.6 Å². The molecule has 1 aliphatic rings. The Hall–Kier alpha value is -5.29. The van der Waals surface area contributed by atoms with E-state index < -0.39 is 59.3 Å². The van der Waals surface area contributed by atoms with Gasteiger partial charge in [0.05, 0.1) is 16.7 Å². The topological polar surface area (TPSA) is 143 Å². The fourth-order valence-corrected chi connectivity index (χ4v) is 4.89. The van der Waals surface area contributed by atoms with Crippen molar-refractivity contribution in [2.45, 2.75) is 44.0 Å². The van der Waals surface area contributed by atoms with Crippen molar-refractivity contribution in [2.24, 2.45) is 0 Å². The highest BCUT2D eigenvalue weighted by Gasteiger charge is 2.62. The Kier molecular flexibility index (Phi) is 8.35. The minimum atomic E-state index is -1.86. The molecule has 0 saturated carbocycles. The van der Waals surface area contributed by atoms with Crippen molar-refractivity contribution in [3.63, 3.8) is 0 Å². The minimum Gasteiger partial charge on any atom is -0.456 e. The molecule has 0 bridgehead atoms. The summed E-state index contributed by atoms with van der Waals surface area (Å²) in [5.41, 5.74) is -2.71. The molecule has 220 valence electrons. The molecule has 5 rings (SSSR count). The third-order valence-corrected chi connectivity index (χ3v) is 7.07. The summed E-state index contributed by atoms with van der Waals surface area (Å²) >= 11 is 0. The van der Waals surface area contributed by atoms with Gasteiger partial charge in [-0.3, -0.25) is 14.3 Å². The van der Waals surface area contributed by atoms with E-state index in [1.165, 1.54) is 32.2 Å². The molecule has 0 spiro atoms. The molecule has 5 atom stereocenters. The number of H-pyrrole nitrogens is 1. The van der Waals surface area contributed by atoms with Gasteiger partial charge in [-0.05, 0) is 50.2 Å². The fourth-order valence-electron chi connectivity index (χ4n) is 4.89. The molecule has 3 aromatic carbocycles. The Morgan fingerprint density at radius 1 is 0.791 bits per heavy atom. The normalized spacial score (nSPS) is 21.9. The molecule has 2 heterocycles. The van der Waals surface area contributed by atoms with Crippen LogP contribution in [0.15, 0.2) is 113 Å². The lowest BCUT2D eigenvalue weighted by molar-refractivity contribution is -0.113. The van der Waals surface area contributed by atoms with Crippen molar-refractivity contribution in [3.05, 3.63) is 141 Å². The number of nitrogens with zero attached hydrogens (tertiary/aromatic N) is 1. The first-order valence-corrected chi connectivity index (χ1v) is 13.4. The second kappa shape index (κ2) is 12.3. The quantitative estimate of drug-likeness (QED) is 0.243. The molecular formula is C32H28N2O9. The number of nitrogens with one attached hydrogen (secondary N) is 1. The van der Waals surface area contributed by atoms with Crippen molar-refractivity contribution >= 4 is 17.9 Å². The van der Waals surface area contributed by atoms with Crippen LogP contribution in [0.4, 0.5) is 0 Å². The molecule has 1 fully saturated rings. The van der Waals surface area contributed by atoms with Crippen molar-refractivity contribution < 1.29 is 33.3 Å². The minimum absolute atomic E-state index is 0.191. The lowest BCUT2D eigenvalue weighted by Gasteiger charge is -2.35. The van der Waals surface area contributed by atoms with Crippen LogP contribution in [0.3, 0.4) is 0 Å². The first-order chi connectivity index (χ1) is 20.7. The van der Waals surface area contributed by atoms with Gasteiger partial charge in [0.1, 0.15) is 12.2 Å². The van der Waals surface area contributed by atoms with Crippen LogP contribution in [0, 0.1) is 0 Å². The van der Waals surface area contributed by atoms with E-state index in [1.807, 2.05) is 0 Å². The van der Waals surface area contributed by atoms with Gasteiger partial charge in [0.25, 0.3) is 5.56 Å². The number of ether oxygens (including phenoxy) is 4. The van der Waals surface area contributed by atoms with E-state index >= 15 is 0 Å². The Bertz CT molecular complexity index is 1720. The highest BCUT2D eigenvalue weighted by atomic mass is 16.7. The molecule has 1 aliphatic heterocycles. The second-order valence-corrected chi connectivity index (χ2v) is 10.1. The highest BCUT2D eigenvalue weighted by molar-refractivity contribution is 5.91. The van der Waals surface area contributed by atoms with E-state index in [4.69, 9.17) is 18.9 Å². The van der Waals surface area contributed by atoms with E-state index in [-0.39, 0.29) is 16.7 Å². The van der Waals surface area contributed by atoms with Crippen LogP contribution in [0.1, 0.15) is 51.1 Å². The predicted molar refractivity (Wildman–Crippen MR) is 152 cm³/mol. The molecule has 11 heteroatoms. The predicted octanol–water partition coefficient (Wildman–Crippen LogP) is 3.52. The number of esters is 3. The standard InChI is InChI=1S/C32H28N2O9/c1-20(40-27(36)21-12-6-3-7-13-21)25-26(42-28(37)22-14-8-4-9-15-22)32(2,43-29(38)23-16-10-5-11-17-23)30(41-25)34-19-18-24(35)33-31(34)39/h3-20,25-26,30H,1-2H3,(H,33,35,39)/t20-,25-,26-,30-,32-/m1/s1. The summed E-state index contributed by atoms with van der Waals surface area (Å²) in [6.45, 7) is 2.98. The molecule has 43 heavy (non-hydrogen) atoms. The summed E-state index contributed by atoms with van der Waals surface area (Å²) in [6.07, 6.45) is -3.92. The maximum Gasteiger partial charge on any atom is 0.338 e. The summed E-state index contributed by atoms with van der Waals surface area (Å²) in [4.78, 5) is 66.7. The van der Waals surface area contributed by atoms with E-state index in [0.29, 0.717) is 0 Å². The number of carbonyl (C=O) groups is 3. The van der Waals surface area contributed by atoms with Crippen molar-refractivity contribution in [1.29, 1.82) is 0 Å². The monoisotopic (exact) mass is 584 g/mol. The molecule has 1 saturated heterocycles. The van der Waals surface area contributed by atoms with Crippen LogP contribution in [0.2, 0.25) is 0 Å². The number of aromatic nitrogens is 2. The molecule has 1 aromatic heterocycles. The summed E-state index contributed by atoms with van der Waals surface area (Å²) in [6, 6.07) is 25.6. The SMILES string of the molecule is C[C@@H](OC(=O)c1ccccc1)[C@H]1O[C@@H](n2ccc(=O)[nH]c2=O)[C@](C)(OC(=O)c2ccccc2)[C@@H]1OC(=O)c1ccccc1. The zero-order chi connectivity index (χ0) is 30.6. The Balaban J connectivity index is 1.58. The van der Waals surface area contributed by atoms with Gasteiger partial charge in [-0.25, -0.2) is 19.2 Å². The first kappa shape index (κ1) is 29.2. The third kappa shape index (κ3) is 6.16. The summed E-state index contributed by atoms with van der Waals surface area (Å²) in [5, 5.41) is 0. The molecule has 4 aromatic rings. The Morgan fingerprint density at radius 2 is 1.30 bits per heavy atom. The van der Waals surface area contributed by atoms with Gasteiger partial charge in [0.2, 0.25) is 0 Å². The maximum atomic E-state index is 13.4. The van der Waals surface area contributed by atoms with Crippen LogP contribution in [0.25, 0.3) is 0 Å². The second-order valence-electron chi connectivity index (χ2n) is 10.1. The average Bonchev–Trinajstić information content (AvgIpc) is 3.29. The Morgan fingerprint density at radius 3 is 1.84 bits per heavy atom. The van der Waals surface area contributed by atoms with E-state index in [1.54, 1.807) is 78.9 Å². The van der Waals surface area contributed by atoms with Crippen LogP contribution in [-0.4, -0.2) is 51.4 Å². The van der Waals surface area contributed by atoms with Gasteiger partial charge in [-0.15, -0.1) is 0 Å². The molecular weight excluding hydrogens is 556 g/mol. The number of benzene rings is 3. The molecule has 1 N–H and O–H groups in total. The fraction of sp³-hybridized carbons (Fsp3) is 0.219. The van der Waals surface area contributed by atoms with Crippen molar-refractivity contribution in [2.75, 3.05) is 0 Å². The summed E-state index contributed by atoms with van der Waals surface area (Å²) < 4.78 is 25.0. The number of aromatic amines is 1. The number of hydrogen-bond donors (Lipinski definition) is 1. The van der Waals surface area contributed by atoms with Crippen LogP contribution >= 0.6 is 0 Å². The van der Waals surface area contributed by atoms with Gasteiger partial charge in [-0.2, -0.15) is 0 Å². The van der Waals surface area contributed by atoms with E-state index in [2.05, 4.69) is 4.98 Å². The van der Waals surface area contributed by atoms with Crippen LogP contribution in [0.5, 0.6) is 0 Å². The van der Waals surface area contributed by atoms with E-state index in [9.17, 15) is 24.0 Å².